The van der Waals surface area contributed by atoms with Crippen LogP contribution in [0.5, 0.6) is 0 Å². The van der Waals surface area contributed by atoms with Crippen LogP contribution in [0, 0.1) is 12.8 Å². The maximum atomic E-state index is 12.3. The van der Waals surface area contributed by atoms with Gasteiger partial charge >= 0.3 is 0 Å². The van der Waals surface area contributed by atoms with E-state index in [9.17, 15) is 4.79 Å². The number of amides is 1. The van der Waals surface area contributed by atoms with Crippen LogP contribution in [0.25, 0.3) is 11.0 Å². The first-order chi connectivity index (χ1) is 10.1. The first kappa shape index (κ1) is 13.5. The minimum Gasteiger partial charge on any atom is -0.451 e. The minimum absolute atomic E-state index is 0.0257. The molecule has 1 atom stereocenters. The number of nitrogens with one attached hydrogen (secondary N) is 1. The fourth-order valence-corrected chi connectivity index (χ4v) is 2.41. The molecular formula is C15H17N3O3. The lowest BCUT2D eigenvalue weighted by atomic mass is 10.1. The van der Waals surface area contributed by atoms with Crippen LogP contribution in [0.4, 0.5) is 0 Å². The van der Waals surface area contributed by atoms with Gasteiger partial charge < -0.3 is 20.7 Å². The van der Waals surface area contributed by atoms with Crippen LogP contribution in [0.2, 0.25) is 0 Å². The van der Waals surface area contributed by atoms with Crippen molar-refractivity contribution in [2.45, 2.75) is 25.8 Å². The van der Waals surface area contributed by atoms with Crippen molar-refractivity contribution in [2.24, 2.45) is 16.8 Å². The predicted octanol–water partition coefficient (Wildman–Crippen LogP) is 2.00. The van der Waals surface area contributed by atoms with Crippen molar-refractivity contribution in [3.05, 3.63) is 35.6 Å². The second-order valence-electron chi connectivity index (χ2n) is 5.47. The number of nitrogens with zero attached hydrogens (tertiary/aromatic N) is 1. The molecular weight excluding hydrogens is 270 g/mol. The number of hydrogen-bond acceptors (Lipinski definition) is 4. The molecule has 1 fully saturated rings. The van der Waals surface area contributed by atoms with Gasteiger partial charge in [-0.25, -0.2) is 0 Å². The van der Waals surface area contributed by atoms with Crippen molar-refractivity contribution >= 4 is 22.7 Å². The highest BCUT2D eigenvalue weighted by Crippen LogP contribution is 2.33. The maximum Gasteiger partial charge on any atom is 0.287 e. The number of amidine groups is 1. The van der Waals surface area contributed by atoms with Crippen LogP contribution in [-0.2, 0) is 0 Å². The average Bonchev–Trinajstić information content (AvgIpc) is 3.22. The molecule has 1 aliphatic rings. The Bertz CT molecular complexity index is 716. The van der Waals surface area contributed by atoms with Crippen molar-refractivity contribution in [3.8, 4) is 0 Å². The molecule has 0 aliphatic heterocycles. The predicted molar refractivity (Wildman–Crippen MR) is 78.3 cm³/mol. The van der Waals surface area contributed by atoms with E-state index in [4.69, 9.17) is 15.4 Å². The Morgan fingerprint density at radius 2 is 2.24 bits per heavy atom. The molecule has 21 heavy (non-hydrogen) atoms. The molecule has 6 nitrogen and oxygen atoms in total. The van der Waals surface area contributed by atoms with Crippen LogP contribution in [0.15, 0.2) is 33.8 Å². The Labute approximate surface area is 121 Å². The molecule has 0 spiro atoms. The van der Waals surface area contributed by atoms with Crippen LogP contribution in [0.3, 0.4) is 0 Å². The Morgan fingerprint density at radius 1 is 1.48 bits per heavy atom. The molecule has 4 N–H and O–H groups in total. The summed E-state index contributed by atoms with van der Waals surface area (Å²) in [7, 11) is 0. The van der Waals surface area contributed by atoms with Crippen molar-refractivity contribution in [1.82, 2.24) is 5.32 Å². The van der Waals surface area contributed by atoms with E-state index in [0.29, 0.717) is 5.58 Å². The van der Waals surface area contributed by atoms with Crippen molar-refractivity contribution < 1.29 is 14.4 Å². The summed E-state index contributed by atoms with van der Waals surface area (Å²) < 4.78 is 5.54. The van der Waals surface area contributed by atoms with Gasteiger partial charge in [0.15, 0.2) is 11.6 Å². The normalized spacial score (nSPS) is 16.9. The fourth-order valence-electron chi connectivity index (χ4n) is 2.41. The number of aryl methyl sites for hydroxylation is 1. The molecule has 2 aromatic rings. The van der Waals surface area contributed by atoms with Gasteiger partial charge in [0.1, 0.15) is 5.58 Å². The first-order valence-electron chi connectivity index (χ1n) is 6.87. The van der Waals surface area contributed by atoms with E-state index in [1.165, 1.54) is 0 Å². The number of oxime groups is 1. The topological polar surface area (TPSA) is 101 Å². The number of nitrogens with two attached hydrogens (primary N) is 1. The Balaban J connectivity index is 1.82. The molecule has 1 aromatic heterocycles. The van der Waals surface area contributed by atoms with Gasteiger partial charge in [0.25, 0.3) is 5.91 Å². The van der Waals surface area contributed by atoms with E-state index in [-0.39, 0.29) is 23.4 Å². The number of carbonyl (C=O) groups excluding carboxylic acids is 1. The highest BCUT2D eigenvalue weighted by Gasteiger charge is 2.35. The molecule has 1 aromatic carbocycles. The molecule has 1 aliphatic carbocycles. The van der Waals surface area contributed by atoms with Crippen LogP contribution >= 0.6 is 0 Å². The molecule has 1 heterocycles. The molecule has 3 rings (SSSR count). The number of benzene rings is 1. The monoisotopic (exact) mass is 287 g/mol. The third kappa shape index (κ3) is 2.69. The van der Waals surface area contributed by atoms with Crippen LogP contribution < -0.4 is 11.1 Å². The third-order valence-corrected chi connectivity index (χ3v) is 3.71. The molecule has 1 unspecified atom stereocenters. The minimum atomic E-state index is -0.447. The van der Waals surface area contributed by atoms with Gasteiger partial charge in [0, 0.05) is 5.39 Å². The quantitative estimate of drug-likeness (QED) is 0.346. The molecule has 1 amide bonds. The van der Waals surface area contributed by atoms with E-state index in [0.717, 1.165) is 23.8 Å². The van der Waals surface area contributed by atoms with Gasteiger partial charge in [-0.05, 0) is 43.9 Å². The van der Waals surface area contributed by atoms with Gasteiger partial charge in [0.2, 0.25) is 0 Å². The van der Waals surface area contributed by atoms with E-state index in [1.807, 2.05) is 25.1 Å². The highest BCUT2D eigenvalue weighted by atomic mass is 16.4. The molecule has 0 saturated heterocycles. The smallest absolute Gasteiger partial charge is 0.287 e. The van der Waals surface area contributed by atoms with Gasteiger partial charge in [-0.15, -0.1) is 0 Å². The van der Waals surface area contributed by atoms with Gasteiger partial charge in [-0.2, -0.15) is 0 Å². The Morgan fingerprint density at radius 3 is 2.90 bits per heavy atom. The van der Waals surface area contributed by atoms with E-state index >= 15 is 0 Å². The van der Waals surface area contributed by atoms with E-state index in [2.05, 4.69) is 10.5 Å². The second-order valence-corrected chi connectivity index (χ2v) is 5.47. The standard InChI is InChI=1S/C15H17N3O3/c1-8-2-5-11-10(6-8)7-12(21-11)15(19)17-13(9-3-4-9)14(16)18-20/h2,5-7,9,13,20H,3-4H2,1H3,(H2,16,18)(H,17,19). The number of rotatable bonds is 4. The number of furan rings is 1. The van der Waals surface area contributed by atoms with E-state index in [1.54, 1.807) is 6.07 Å². The Hall–Kier alpha value is -2.50. The average molecular weight is 287 g/mol. The zero-order chi connectivity index (χ0) is 15.0. The summed E-state index contributed by atoms with van der Waals surface area (Å²) in [6, 6.07) is 6.98. The number of fused-ring (bicyclic) bond motifs is 1. The number of hydrogen-bond donors (Lipinski definition) is 3. The first-order valence-corrected chi connectivity index (χ1v) is 6.87. The van der Waals surface area contributed by atoms with Gasteiger partial charge in [-0.1, -0.05) is 16.8 Å². The highest BCUT2D eigenvalue weighted by molar-refractivity contribution is 5.99. The number of carbonyl (C=O) groups is 1. The third-order valence-electron chi connectivity index (χ3n) is 3.71. The van der Waals surface area contributed by atoms with Crippen molar-refractivity contribution in [3.63, 3.8) is 0 Å². The molecule has 0 radical (unpaired) electrons. The summed E-state index contributed by atoms with van der Waals surface area (Å²) >= 11 is 0. The zero-order valence-electron chi connectivity index (χ0n) is 11.7. The molecule has 1 saturated carbocycles. The lowest BCUT2D eigenvalue weighted by molar-refractivity contribution is 0.0917. The summed E-state index contributed by atoms with van der Waals surface area (Å²) in [6.07, 6.45) is 1.92. The lowest BCUT2D eigenvalue weighted by Gasteiger charge is -2.15. The van der Waals surface area contributed by atoms with Crippen LogP contribution in [0.1, 0.15) is 29.0 Å². The fraction of sp³-hybridized carbons (Fsp3) is 0.333. The summed E-state index contributed by atoms with van der Waals surface area (Å²) in [5.74, 6) is 0.133. The summed E-state index contributed by atoms with van der Waals surface area (Å²) in [5.41, 5.74) is 7.40. The van der Waals surface area contributed by atoms with Crippen molar-refractivity contribution in [2.75, 3.05) is 0 Å². The zero-order valence-corrected chi connectivity index (χ0v) is 11.7. The summed E-state index contributed by atoms with van der Waals surface area (Å²) in [5, 5.41) is 15.5. The molecule has 6 heteroatoms. The van der Waals surface area contributed by atoms with E-state index < -0.39 is 6.04 Å². The second kappa shape index (κ2) is 5.12. The van der Waals surface area contributed by atoms with Crippen LogP contribution in [-0.4, -0.2) is 23.0 Å². The molecule has 110 valence electrons. The van der Waals surface area contributed by atoms with Crippen molar-refractivity contribution in [1.29, 1.82) is 0 Å². The summed E-state index contributed by atoms with van der Waals surface area (Å²) in [4.78, 5) is 12.3. The lowest BCUT2D eigenvalue weighted by Crippen LogP contribution is -2.46. The maximum absolute atomic E-state index is 12.3. The summed E-state index contributed by atoms with van der Waals surface area (Å²) in [6.45, 7) is 1.98. The SMILES string of the molecule is Cc1ccc2oc(C(=O)NC(C(N)=NO)C3CC3)cc2c1. The largest absolute Gasteiger partial charge is 0.451 e. The Kier molecular flexibility index (Phi) is 3.29. The van der Waals surface area contributed by atoms with Gasteiger partial charge in [0.05, 0.1) is 6.04 Å². The molecule has 0 bridgehead atoms. The van der Waals surface area contributed by atoms with Gasteiger partial charge in [-0.3, -0.25) is 4.79 Å².